The number of para-hydroxylation sites is 1. The Hall–Kier alpha value is -5.54. The lowest BCUT2D eigenvalue weighted by molar-refractivity contribution is 1.18. The molecule has 41 heavy (non-hydrogen) atoms. The minimum Gasteiger partial charge on any atom is -0.309 e. The number of nitrogens with zero attached hydrogens (tertiary/aromatic N) is 3. The maximum absolute atomic E-state index is 4.88. The van der Waals surface area contributed by atoms with Gasteiger partial charge in [-0.3, -0.25) is 9.97 Å². The lowest BCUT2D eigenvalue weighted by Crippen LogP contribution is -1.96. The van der Waals surface area contributed by atoms with Crippen LogP contribution in [-0.4, -0.2) is 14.5 Å². The number of fused-ring (bicyclic) bond motifs is 5. The Morgan fingerprint density at radius 3 is 2.00 bits per heavy atom. The van der Waals surface area contributed by atoms with Crippen LogP contribution < -0.4 is 0 Å². The fourth-order valence-corrected chi connectivity index (χ4v) is 6.05. The lowest BCUT2D eigenvalue weighted by Gasteiger charge is -2.13. The zero-order chi connectivity index (χ0) is 27.2. The van der Waals surface area contributed by atoms with Gasteiger partial charge in [0.05, 0.1) is 22.4 Å². The minimum atomic E-state index is 0.961. The van der Waals surface area contributed by atoms with E-state index < -0.39 is 0 Å². The summed E-state index contributed by atoms with van der Waals surface area (Å²) in [7, 11) is 0. The third kappa shape index (κ3) is 3.90. The van der Waals surface area contributed by atoms with Crippen LogP contribution in [-0.2, 0) is 0 Å². The highest BCUT2D eigenvalue weighted by Gasteiger charge is 2.18. The van der Waals surface area contributed by atoms with Gasteiger partial charge < -0.3 is 4.57 Å². The van der Waals surface area contributed by atoms with Gasteiger partial charge in [-0.15, -0.1) is 0 Å². The molecule has 0 atom stereocenters. The largest absolute Gasteiger partial charge is 0.309 e. The van der Waals surface area contributed by atoms with Crippen LogP contribution >= 0.6 is 0 Å². The van der Waals surface area contributed by atoms with E-state index in [1.54, 1.807) is 0 Å². The maximum atomic E-state index is 4.88. The summed E-state index contributed by atoms with van der Waals surface area (Å²) < 4.78 is 2.38. The number of benzene rings is 5. The number of hydrogen-bond donors (Lipinski definition) is 0. The highest BCUT2D eigenvalue weighted by molar-refractivity contribution is 6.24. The second-order valence-electron chi connectivity index (χ2n) is 10.3. The summed E-state index contributed by atoms with van der Waals surface area (Å²) in [6.07, 6.45) is 3.76. The molecule has 0 N–H and O–H groups in total. The van der Waals surface area contributed by atoms with E-state index in [-0.39, 0.29) is 0 Å². The Morgan fingerprint density at radius 1 is 0.415 bits per heavy atom. The molecule has 3 nitrogen and oxygen atoms in total. The van der Waals surface area contributed by atoms with E-state index in [4.69, 9.17) is 4.98 Å². The van der Waals surface area contributed by atoms with Gasteiger partial charge in [0.25, 0.3) is 0 Å². The standard InChI is InChI=1S/C38H25N3/c1-2-11-26(12-3-1)27-20-22-40-35(24-27)33-25-37-38(31-16-5-4-15-30(31)33)32-17-6-7-19-36(32)41(37)29-14-10-13-28(23-29)34-18-8-9-21-39-34/h1-25H. The quantitative estimate of drug-likeness (QED) is 0.230. The first kappa shape index (κ1) is 23.4. The third-order valence-electron chi connectivity index (χ3n) is 7.89. The Balaban J connectivity index is 1.44. The van der Waals surface area contributed by atoms with Crippen molar-refractivity contribution >= 4 is 32.6 Å². The normalized spacial score (nSPS) is 11.4. The van der Waals surface area contributed by atoms with Gasteiger partial charge in [0, 0.05) is 40.0 Å². The van der Waals surface area contributed by atoms with Gasteiger partial charge in [0.15, 0.2) is 0 Å². The first-order valence-corrected chi connectivity index (χ1v) is 13.8. The van der Waals surface area contributed by atoms with Crippen molar-refractivity contribution in [2.24, 2.45) is 0 Å². The van der Waals surface area contributed by atoms with Crippen molar-refractivity contribution in [2.45, 2.75) is 0 Å². The number of aromatic nitrogens is 3. The van der Waals surface area contributed by atoms with Crippen molar-refractivity contribution in [2.75, 3.05) is 0 Å². The smallest absolute Gasteiger partial charge is 0.0715 e. The molecule has 0 bridgehead atoms. The molecule has 8 rings (SSSR count). The molecule has 0 saturated heterocycles. The molecule has 192 valence electrons. The number of pyridine rings is 2. The third-order valence-corrected chi connectivity index (χ3v) is 7.89. The SMILES string of the molecule is c1ccc(-c2ccnc(-c3cc4c(c5ccccc35)c3ccccc3n4-c3cccc(-c4ccccn4)c3)c2)cc1. The van der Waals surface area contributed by atoms with Gasteiger partial charge in [0.1, 0.15) is 0 Å². The zero-order valence-electron chi connectivity index (χ0n) is 22.3. The first-order chi connectivity index (χ1) is 20.3. The summed E-state index contributed by atoms with van der Waals surface area (Å²) in [5.41, 5.74) is 9.91. The van der Waals surface area contributed by atoms with E-state index in [9.17, 15) is 0 Å². The molecule has 0 fully saturated rings. The van der Waals surface area contributed by atoms with Crippen LogP contribution in [0.3, 0.4) is 0 Å². The molecule has 3 heterocycles. The molecule has 0 aliphatic heterocycles. The predicted molar refractivity (Wildman–Crippen MR) is 170 cm³/mol. The van der Waals surface area contributed by atoms with Crippen molar-refractivity contribution in [3.63, 3.8) is 0 Å². The molecule has 3 heteroatoms. The van der Waals surface area contributed by atoms with Crippen LogP contribution in [0, 0.1) is 0 Å². The molecule has 0 radical (unpaired) electrons. The fourth-order valence-electron chi connectivity index (χ4n) is 6.05. The van der Waals surface area contributed by atoms with Crippen LogP contribution in [0.2, 0.25) is 0 Å². The molecule has 0 saturated carbocycles. The van der Waals surface area contributed by atoms with Crippen molar-refractivity contribution in [3.8, 4) is 39.3 Å². The van der Waals surface area contributed by atoms with E-state index >= 15 is 0 Å². The molecule has 0 unspecified atom stereocenters. The highest BCUT2D eigenvalue weighted by atomic mass is 15.0. The van der Waals surface area contributed by atoms with Gasteiger partial charge in [-0.25, -0.2) is 0 Å². The second-order valence-corrected chi connectivity index (χ2v) is 10.3. The van der Waals surface area contributed by atoms with Gasteiger partial charge in [-0.2, -0.15) is 0 Å². The van der Waals surface area contributed by atoms with Gasteiger partial charge in [0.2, 0.25) is 0 Å². The topological polar surface area (TPSA) is 30.7 Å². The molecular formula is C38H25N3. The zero-order valence-corrected chi connectivity index (χ0v) is 22.3. The summed E-state index contributed by atoms with van der Waals surface area (Å²) in [4.78, 5) is 9.49. The van der Waals surface area contributed by atoms with Crippen LogP contribution in [0.5, 0.6) is 0 Å². The van der Waals surface area contributed by atoms with Gasteiger partial charge >= 0.3 is 0 Å². The second kappa shape index (κ2) is 9.58. The number of rotatable bonds is 4. The van der Waals surface area contributed by atoms with E-state index in [1.165, 1.54) is 32.6 Å². The molecule has 0 spiro atoms. The van der Waals surface area contributed by atoms with E-state index in [0.29, 0.717) is 0 Å². The van der Waals surface area contributed by atoms with Crippen LogP contribution in [0.25, 0.3) is 71.9 Å². The Morgan fingerprint density at radius 2 is 1.15 bits per heavy atom. The number of hydrogen-bond acceptors (Lipinski definition) is 2. The summed E-state index contributed by atoms with van der Waals surface area (Å²) in [5, 5.41) is 4.91. The van der Waals surface area contributed by atoms with Crippen LogP contribution in [0.15, 0.2) is 152 Å². The van der Waals surface area contributed by atoms with E-state index in [0.717, 1.165) is 39.3 Å². The summed E-state index contributed by atoms with van der Waals surface area (Å²) in [6, 6.07) is 49.2. The van der Waals surface area contributed by atoms with Gasteiger partial charge in [-0.1, -0.05) is 91.0 Å². The average Bonchev–Trinajstić information content (AvgIpc) is 3.40. The van der Waals surface area contributed by atoms with Crippen molar-refractivity contribution in [3.05, 3.63) is 152 Å². The molecule has 0 aliphatic rings. The lowest BCUT2D eigenvalue weighted by atomic mass is 9.96. The average molecular weight is 524 g/mol. The van der Waals surface area contributed by atoms with Crippen molar-refractivity contribution < 1.29 is 0 Å². The molecular weight excluding hydrogens is 498 g/mol. The van der Waals surface area contributed by atoms with Crippen molar-refractivity contribution in [1.29, 1.82) is 0 Å². The monoisotopic (exact) mass is 523 g/mol. The Kier molecular flexibility index (Phi) is 5.46. The van der Waals surface area contributed by atoms with Crippen LogP contribution in [0.1, 0.15) is 0 Å². The Labute approximate surface area is 238 Å². The Bertz CT molecular complexity index is 2190. The maximum Gasteiger partial charge on any atom is 0.0715 e. The molecule has 3 aromatic heterocycles. The van der Waals surface area contributed by atoms with Crippen molar-refractivity contribution in [1.82, 2.24) is 14.5 Å². The van der Waals surface area contributed by atoms with E-state index in [1.807, 2.05) is 24.5 Å². The molecule has 0 amide bonds. The summed E-state index contributed by atoms with van der Waals surface area (Å²) in [5.74, 6) is 0. The molecule has 8 aromatic rings. The predicted octanol–water partition coefficient (Wildman–Crippen LogP) is 9.73. The molecule has 5 aromatic carbocycles. The van der Waals surface area contributed by atoms with Crippen LogP contribution in [0.4, 0.5) is 0 Å². The van der Waals surface area contributed by atoms with Gasteiger partial charge in [-0.05, 0) is 70.4 Å². The first-order valence-electron chi connectivity index (χ1n) is 13.8. The fraction of sp³-hybridized carbons (Fsp3) is 0. The minimum absolute atomic E-state index is 0.961. The van der Waals surface area contributed by atoms with E-state index in [2.05, 4.69) is 137 Å². The summed E-state index contributed by atoms with van der Waals surface area (Å²) in [6.45, 7) is 0. The summed E-state index contributed by atoms with van der Waals surface area (Å²) >= 11 is 0. The molecule has 0 aliphatic carbocycles. The highest BCUT2D eigenvalue weighted by Crippen LogP contribution is 2.41.